The van der Waals surface area contributed by atoms with E-state index in [1.807, 2.05) is 83.4 Å². The number of para-hydroxylation sites is 1. The van der Waals surface area contributed by atoms with Crippen LogP contribution in [0.15, 0.2) is 107 Å². The zero-order valence-corrected chi connectivity index (χ0v) is 27.7. The number of hydrogen-bond acceptors (Lipinski definition) is 8. The molecule has 0 fully saturated rings. The Balaban J connectivity index is 1.20. The van der Waals surface area contributed by atoms with Gasteiger partial charge in [0, 0.05) is 40.1 Å². The van der Waals surface area contributed by atoms with Crippen LogP contribution in [0.1, 0.15) is 38.4 Å². The molecule has 0 bridgehead atoms. The Hall–Kier alpha value is -5.33. The molecule has 0 aliphatic carbocycles. The molecule has 11 nitrogen and oxygen atoms in total. The minimum atomic E-state index is -0.372. The number of hydrogen-bond donors (Lipinski definition) is 4. The second kappa shape index (κ2) is 14.2. The van der Waals surface area contributed by atoms with Gasteiger partial charge in [-0.05, 0) is 54.4 Å². The lowest BCUT2D eigenvalue weighted by Gasteiger charge is -2.19. The molecule has 4 N–H and O–H groups in total. The van der Waals surface area contributed by atoms with Crippen molar-refractivity contribution < 1.29 is 19.7 Å². The number of anilines is 1. The Morgan fingerprint density at radius 1 is 0.979 bits per heavy atom. The normalized spacial score (nSPS) is 11.5. The first kappa shape index (κ1) is 32.6. The lowest BCUT2D eigenvalue weighted by molar-refractivity contribution is 0.201. The standard InChI is InChI=1S/C36H37N7O4S/c1-4-36(2,3)31-21-33(43(41-31)25-11-9-12-26(20-25)47-19-18-44)38-35(46)37-22-24-10-5-8-15-30(24)48-27-16-17-32-39-40-34(42(32)23-27)28-13-6-7-14-29(28)45/h5-17,20-21,23,44-45H,4,18-19,22H2,1-3H3,(H2,37,38,46). The molecule has 6 aromatic rings. The molecule has 0 aliphatic rings. The van der Waals surface area contributed by atoms with E-state index in [4.69, 9.17) is 9.84 Å². The number of phenols is 1. The average molecular weight is 664 g/mol. The highest BCUT2D eigenvalue weighted by Crippen LogP contribution is 2.34. The van der Waals surface area contributed by atoms with Crippen molar-refractivity contribution in [1.29, 1.82) is 0 Å². The summed E-state index contributed by atoms with van der Waals surface area (Å²) in [7, 11) is 0. The van der Waals surface area contributed by atoms with E-state index in [-0.39, 0.29) is 30.4 Å². The third kappa shape index (κ3) is 7.14. The van der Waals surface area contributed by atoms with E-state index in [9.17, 15) is 15.0 Å². The van der Waals surface area contributed by atoms with Crippen molar-refractivity contribution in [3.63, 3.8) is 0 Å². The van der Waals surface area contributed by atoms with E-state index < -0.39 is 0 Å². The molecule has 12 heteroatoms. The summed E-state index contributed by atoms with van der Waals surface area (Å²) < 4.78 is 9.17. The van der Waals surface area contributed by atoms with Gasteiger partial charge >= 0.3 is 6.03 Å². The van der Waals surface area contributed by atoms with E-state index in [1.165, 1.54) is 0 Å². The molecule has 6 rings (SSSR count). The third-order valence-electron chi connectivity index (χ3n) is 8.11. The van der Waals surface area contributed by atoms with Crippen molar-refractivity contribution in [2.24, 2.45) is 0 Å². The Labute approximate surface area is 282 Å². The number of pyridine rings is 1. The van der Waals surface area contributed by atoms with Crippen LogP contribution < -0.4 is 15.4 Å². The summed E-state index contributed by atoms with van der Waals surface area (Å²) in [4.78, 5) is 15.3. The van der Waals surface area contributed by atoms with Crippen LogP contribution in [0.3, 0.4) is 0 Å². The number of aromatic hydroxyl groups is 1. The highest BCUT2D eigenvalue weighted by atomic mass is 32.2. The largest absolute Gasteiger partial charge is 0.507 e. The Morgan fingerprint density at radius 2 is 1.79 bits per heavy atom. The van der Waals surface area contributed by atoms with Crippen molar-refractivity contribution in [1.82, 2.24) is 29.7 Å². The maximum Gasteiger partial charge on any atom is 0.320 e. The van der Waals surface area contributed by atoms with Crippen LogP contribution >= 0.6 is 11.8 Å². The Kier molecular flexibility index (Phi) is 9.65. The minimum absolute atomic E-state index is 0.0899. The number of benzene rings is 3. The maximum absolute atomic E-state index is 13.3. The number of nitrogens with zero attached hydrogens (tertiary/aromatic N) is 5. The highest BCUT2D eigenvalue weighted by Gasteiger charge is 2.25. The van der Waals surface area contributed by atoms with Crippen LogP contribution in [0.4, 0.5) is 10.6 Å². The number of amides is 2. The van der Waals surface area contributed by atoms with Gasteiger partial charge < -0.3 is 20.3 Å². The van der Waals surface area contributed by atoms with Gasteiger partial charge in [0.25, 0.3) is 0 Å². The van der Waals surface area contributed by atoms with Gasteiger partial charge in [-0.1, -0.05) is 68.9 Å². The molecular formula is C36H37N7O4S. The van der Waals surface area contributed by atoms with E-state index in [1.54, 1.807) is 34.6 Å². The number of urea groups is 1. The molecule has 0 radical (unpaired) electrons. The lowest BCUT2D eigenvalue weighted by Crippen LogP contribution is -2.29. The third-order valence-corrected chi connectivity index (χ3v) is 9.21. The van der Waals surface area contributed by atoms with Crippen molar-refractivity contribution in [3.8, 4) is 28.6 Å². The summed E-state index contributed by atoms with van der Waals surface area (Å²) in [6.45, 7) is 6.72. The first-order valence-electron chi connectivity index (χ1n) is 15.6. The van der Waals surface area contributed by atoms with Gasteiger partial charge in [0.05, 0.1) is 23.6 Å². The first-order valence-corrected chi connectivity index (χ1v) is 16.5. The smallest absolute Gasteiger partial charge is 0.320 e. The SMILES string of the molecule is CCC(C)(C)c1cc(NC(=O)NCc2ccccc2Sc2ccc3nnc(-c4ccccc4O)n3c2)n(-c2cccc(OCCO)c2)n1. The molecule has 0 aliphatic heterocycles. The van der Waals surface area contributed by atoms with Crippen LogP contribution in [0.25, 0.3) is 22.7 Å². The second-order valence-electron chi connectivity index (χ2n) is 11.8. The quantitative estimate of drug-likeness (QED) is 0.112. The average Bonchev–Trinajstić information content (AvgIpc) is 3.72. The van der Waals surface area contributed by atoms with Crippen LogP contribution in [0, 0.1) is 0 Å². The summed E-state index contributed by atoms with van der Waals surface area (Å²) in [5, 5.41) is 39.0. The fourth-order valence-electron chi connectivity index (χ4n) is 5.04. The summed E-state index contributed by atoms with van der Waals surface area (Å²) in [6, 6.07) is 27.7. The van der Waals surface area contributed by atoms with Crippen LogP contribution in [0.5, 0.6) is 11.5 Å². The number of carbonyl (C=O) groups is 1. The second-order valence-corrected chi connectivity index (χ2v) is 12.9. The summed E-state index contributed by atoms with van der Waals surface area (Å²) in [5.41, 5.74) is 3.56. The van der Waals surface area contributed by atoms with Gasteiger partial charge in [-0.15, -0.1) is 10.2 Å². The van der Waals surface area contributed by atoms with E-state index in [2.05, 4.69) is 41.6 Å². The van der Waals surface area contributed by atoms with E-state index >= 15 is 0 Å². The lowest BCUT2D eigenvalue weighted by atomic mass is 9.87. The van der Waals surface area contributed by atoms with E-state index in [0.29, 0.717) is 35.1 Å². The van der Waals surface area contributed by atoms with Crippen LogP contribution in [-0.2, 0) is 12.0 Å². The van der Waals surface area contributed by atoms with Crippen molar-refractivity contribution in [3.05, 3.63) is 108 Å². The van der Waals surface area contributed by atoms with Gasteiger partial charge in [0.1, 0.15) is 23.9 Å². The number of rotatable bonds is 12. The van der Waals surface area contributed by atoms with Gasteiger partial charge in [0.2, 0.25) is 0 Å². The number of aliphatic hydroxyl groups is 1. The fourth-order valence-corrected chi connectivity index (χ4v) is 6.00. The fraction of sp³-hybridized carbons (Fsp3) is 0.222. The molecule has 3 aromatic heterocycles. The molecule has 48 heavy (non-hydrogen) atoms. The number of aliphatic hydroxyl groups excluding tert-OH is 1. The molecule has 0 spiro atoms. The zero-order chi connectivity index (χ0) is 33.7. The molecule has 0 saturated heterocycles. The molecule has 0 saturated carbocycles. The number of carbonyl (C=O) groups excluding carboxylic acids is 1. The molecule has 2 amide bonds. The molecule has 3 heterocycles. The Bertz CT molecular complexity index is 2060. The minimum Gasteiger partial charge on any atom is -0.507 e. The van der Waals surface area contributed by atoms with Crippen LogP contribution in [0.2, 0.25) is 0 Å². The number of ether oxygens (including phenoxy) is 1. The molecule has 0 unspecified atom stereocenters. The molecular weight excluding hydrogens is 627 g/mol. The predicted molar refractivity (Wildman–Crippen MR) is 186 cm³/mol. The van der Waals surface area contributed by atoms with Crippen molar-refractivity contribution >= 4 is 29.3 Å². The topological polar surface area (TPSA) is 139 Å². The summed E-state index contributed by atoms with van der Waals surface area (Å²) >= 11 is 1.56. The van der Waals surface area contributed by atoms with Gasteiger partial charge in [-0.3, -0.25) is 9.72 Å². The number of nitrogens with one attached hydrogen (secondary N) is 2. The summed E-state index contributed by atoms with van der Waals surface area (Å²) in [6.07, 6.45) is 2.81. The van der Waals surface area contributed by atoms with E-state index in [0.717, 1.165) is 33.2 Å². The van der Waals surface area contributed by atoms with Gasteiger partial charge in [-0.2, -0.15) is 5.10 Å². The van der Waals surface area contributed by atoms with Crippen molar-refractivity contribution in [2.75, 3.05) is 18.5 Å². The maximum atomic E-state index is 13.3. The molecule has 3 aromatic carbocycles. The molecule has 246 valence electrons. The van der Waals surface area contributed by atoms with Crippen molar-refractivity contribution in [2.45, 2.75) is 48.9 Å². The Morgan fingerprint density at radius 3 is 2.60 bits per heavy atom. The monoisotopic (exact) mass is 663 g/mol. The zero-order valence-electron chi connectivity index (χ0n) is 26.9. The molecule has 0 atom stereocenters. The number of fused-ring (bicyclic) bond motifs is 1. The predicted octanol–water partition coefficient (Wildman–Crippen LogP) is 6.82. The number of aromatic nitrogens is 5. The first-order chi connectivity index (χ1) is 23.3. The van der Waals surface area contributed by atoms with Gasteiger partial charge in [0.15, 0.2) is 11.5 Å². The van der Waals surface area contributed by atoms with Crippen LogP contribution in [-0.4, -0.2) is 53.8 Å². The summed E-state index contributed by atoms with van der Waals surface area (Å²) in [5.74, 6) is 1.80. The number of phenolic OH excluding ortho intramolecular Hbond substituents is 1. The highest BCUT2D eigenvalue weighted by molar-refractivity contribution is 7.99. The van der Waals surface area contributed by atoms with Gasteiger partial charge in [-0.25, -0.2) is 9.48 Å².